The second kappa shape index (κ2) is 4.95. The molecule has 1 heterocycles. The van der Waals surface area contributed by atoms with Gasteiger partial charge in [0, 0.05) is 6.04 Å². The lowest BCUT2D eigenvalue weighted by Crippen LogP contribution is -2.41. The van der Waals surface area contributed by atoms with Gasteiger partial charge in [0.25, 0.3) is 5.91 Å². The van der Waals surface area contributed by atoms with E-state index < -0.39 is 5.97 Å². The Bertz CT molecular complexity index is 496. The van der Waals surface area contributed by atoms with Gasteiger partial charge in [-0.2, -0.15) is 0 Å². The van der Waals surface area contributed by atoms with Gasteiger partial charge >= 0.3 is 5.97 Å². The fourth-order valence-electron chi connectivity index (χ4n) is 2.38. The first kappa shape index (κ1) is 13.5. The number of aromatic nitrogens is 2. The Morgan fingerprint density at radius 3 is 2.42 bits per heavy atom. The first-order chi connectivity index (χ1) is 8.90. The lowest BCUT2D eigenvalue weighted by molar-refractivity contribution is 0.0688. The largest absolute Gasteiger partial charge is 0.476 e. The molecule has 2 N–H and O–H groups in total. The lowest BCUT2D eigenvalue weighted by atomic mass is 9.87. The topological polar surface area (TPSA) is 92.2 Å². The monoisotopic (exact) mass is 263 g/mol. The van der Waals surface area contributed by atoms with Crippen LogP contribution < -0.4 is 5.32 Å². The molecule has 0 radical (unpaired) electrons. The van der Waals surface area contributed by atoms with Gasteiger partial charge in [0.05, 0.1) is 12.4 Å². The van der Waals surface area contributed by atoms with Crippen molar-refractivity contribution in [3.63, 3.8) is 0 Å². The molecule has 1 aliphatic rings. The van der Waals surface area contributed by atoms with Crippen molar-refractivity contribution in [3.05, 3.63) is 23.8 Å². The number of hydrogen-bond acceptors (Lipinski definition) is 4. The summed E-state index contributed by atoms with van der Waals surface area (Å²) in [5.74, 6) is -1.46. The van der Waals surface area contributed by atoms with Gasteiger partial charge in [-0.25, -0.2) is 14.8 Å². The highest BCUT2D eigenvalue weighted by Crippen LogP contribution is 2.37. The van der Waals surface area contributed by atoms with Crippen LogP contribution in [-0.2, 0) is 0 Å². The van der Waals surface area contributed by atoms with Crippen molar-refractivity contribution < 1.29 is 14.7 Å². The molecule has 102 valence electrons. The first-order valence-corrected chi connectivity index (χ1v) is 6.26. The van der Waals surface area contributed by atoms with Crippen molar-refractivity contribution >= 4 is 11.9 Å². The Balaban J connectivity index is 2.06. The van der Waals surface area contributed by atoms with Crippen LogP contribution in [0.1, 0.15) is 54.1 Å². The number of hydrogen-bond donors (Lipinski definition) is 2. The molecule has 0 bridgehead atoms. The van der Waals surface area contributed by atoms with E-state index in [2.05, 4.69) is 29.1 Å². The van der Waals surface area contributed by atoms with E-state index in [1.165, 1.54) is 6.20 Å². The van der Waals surface area contributed by atoms with Crippen LogP contribution in [0.25, 0.3) is 0 Å². The Morgan fingerprint density at radius 2 is 1.95 bits per heavy atom. The number of nitrogens with one attached hydrogen (secondary N) is 1. The molecule has 1 unspecified atom stereocenters. The Labute approximate surface area is 111 Å². The minimum atomic E-state index is -1.16. The molecule has 0 aliphatic heterocycles. The maximum absolute atomic E-state index is 12.0. The highest BCUT2D eigenvalue weighted by Gasteiger charge is 2.35. The minimum absolute atomic E-state index is 0.0874. The SMILES string of the molecule is CC1(C)CCCC1NC(=O)c1cnc(C(=O)O)cn1. The van der Waals surface area contributed by atoms with Crippen LogP contribution in [0.15, 0.2) is 12.4 Å². The van der Waals surface area contributed by atoms with Gasteiger partial charge in [0.1, 0.15) is 5.69 Å². The standard InChI is InChI=1S/C13H17N3O3/c1-13(2)5-3-4-10(13)16-11(17)8-6-15-9(7-14-8)12(18)19/h6-7,10H,3-5H2,1-2H3,(H,16,17)(H,18,19). The van der Waals surface area contributed by atoms with E-state index in [-0.39, 0.29) is 28.8 Å². The molecule has 1 aliphatic carbocycles. The molecular formula is C13H17N3O3. The zero-order chi connectivity index (χ0) is 14.0. The summed E-state index contributed by atoms with van der Waals surface area (Å²) in [5, 5.41) is 11.7. The predicted octanol–water partition coefficient (Wildman–Crippen LogP) is 1.48. The fraction of sp³-hybridized carbons (Fsp3) is 0.538. The van der Waals surface area contributed by atoms with Gasteiger partial charge in [-0.1, -0.05) is 20.3 Å². The number of rotatable bonds is 3. The fourth-order valence-corrected chi connectivity index (χ4v) is 2.38. The van der Waals surface area contributed by atoms with Crippen LogP contribution in [0.2, 0.25) is 0 Å². The molecule has 1 fully saturated rings. The summed E-state index contributed by atoms with van der Waals surface area (Å²) in [7, 11) is 0. The zero-order valence-electron chi connectivity index (χ0n) is 11.0. The molecule has 6 nitrogen and oxygen atoms in total. The summed E-state index contributed by atoms with van der Waals surface area (Å²) in [4.78, 5) is 30.2. The summed E-state index contributed by atoms with van der Waals surface area (Å²) >= 11 is 0. The van der Waals surface area contributed by atoms with Crippen LogP contribution in [0.4, 0.5) is 0 Å². The average Bonchev–Trinajstić information content (AvgIpc) is 2.69. The van der Waals surface area contributed by atoms with Crippen molar-refractivity contribution in [2.75, 3.05) is 0 Å². The molecule has 0 saturated heterocycles. The molecule has 1 saturated carbocycles. The van der Waals surface area contributed by atoms with E-state index in [1.54, 1.807) is 0 Å². The van der Waals surface area contributed by atoms with E-state index in [9.17, 15) is 9.59 Å². The molecule has 1 aromatic rings. The van der Waals surface area contributed by atoms with E-state index in [4.69, 9.17) is 5.11 Å². The van der Waals surface area contributed by atoms with Gasteiger partial charge in [-0.15, -0.1) is 0 Å². The number of amides is 1. The molecule has 1 amide bonds. The molecule has 0 aromatic carbocycles. The third-order valence-corrected chi connectivity index (χ3v) is 3.67. The van der Waals surface area contributed by atoms with E-state index in [0.717, 1.165) is 25.5 Å². The summed E-state index contributed by atoms with van der Waals surface area (Å²) in [6, 6.07) is 0.126. The number of carboxylic acids is 1. The second-order valence-corrected chi connectivity index (χ2v) is 5.50. The molecule has 1 atom stereocenters. The second-order valence-electron chi connectivity index (χ2n) is 5.50. The number of nitrogens with zero attached hydrogens (tertiary/aromatic N) is 2. The normalized spacial score (nSPS) is 21.1. The summed E-state index contributed by atoms with van der Waals surface area (Å²) < 4.78 is 0. The highest BCUT2D eigenvalue weighted by molar-refractivity contribution is 5.93. The molecule has 19 heavy (non-hydrogen) atoms. The number of carbonyl (C=O) groups is 2. The van der Waals surface area contributed by atoms with Crippen LogP contribution >= 0.6 is 0 Å². The van der Waals surface area contributed by atoms with Crippen LogP contribution in [-0.4, -0.2) is 33.0 Å². The van der Waals surface area contributed by atoms with E-state index in [0.29, 0.717) is 0 Å². The number of carbonyl (C=O) groups excluding carboxylic acids is 1. The zero-order valence-corrected chi connectivity index (χ0v) is 11.0. The number of carboxylic acid groups (broad SMARTS) is 1. The smallest absolute Gasteiger partial charge is 0.356 e. The van der Waals surface area contributed by atoms with Gasteiger partial charge in [-0.3, -0.25) is 4.79 Å². The quantitative estimate of drug-likeness (QED) is 0.861. The van der Waals surface area contributed by atoms with Crippen molar-refractivity contribution in [1.82, 2.24) is 15.3 Å². The minimum Gasteiger partial charge on any atom is -0.476 e. The lowest BCUT2D eigenvalue weighted by Gasteiger charge is -2.27. The molecule has 2 rings (SSSR count). The van der Waals surface area contributed by atoms with Crippen molar-refractivity contribution in [2.24, 2.45) is 5.41 Å². The highest BCUT2D eigenvalue weighted by atomic mass is 16.4. The van der Waals surface area contributed by atoms with Gasteiger partial charge in [-0.05, 0) is 18.3 Å². The Morgan fingerprint density at radius 1 is 1.32 bits per heavy atom. The summed E-state index contributed by atoms with van der Waals surface area (Å²) in [6.45, 7) is 4.26. The third kappa shape index (κ3) is 2.89. The number of aromatic carboxylic acids is 1. The van der Waals surface area contributed by atoms with Crippen molar-refractivity contribution in [3.8, 4) is 0 Å². The average molecular weight is 263 g/mol. The Hall–Kier alpha value is -1.98. The van der Waals surface area contributed by atoms with Gasteiger partial charge in [0.15, 0.2) is 5.69 Å². The molecule has 6 heteroatoms. The Kier molecular flexibility index (Phi) is 3.50. The third-order valence-electron chi connectivity index (χ3n) is 3.67. The van der Waals surface area contributed by atoms with Gasteiger partial charge in [0.2, 0.25) is 0 Å². The van der Waals surface area contributed by atoms with Gasteiger partial charge < -0.3 is 10.4 Å². The molecular weight excluding hydrogens is 246 g/mol. The molecule has 1 aromatic heterocycles. The maximum Gasteiger partial charge on any atom is 0.356 e. The van der Waals surface area contributed by atoms with Crippen LogP contribution in [0.3, 0.4) is 0 Å². The van der Waals surface area contributed by atoms with E-state index in [1.807, 2.05) is 0 Å². The summed E-state index contributed by atoms with van der Waals surface area (Å²) in [6.07, 6.45) is 5.43. The van der Waals surface area contributed by atoms with Crippen LogP contribution in [0, 0.1) is 5.41 Å². The maximum atomic E-state index is 12.0. The molecule has 0 spiro atoms. The first-order valence-electron chi connectivity index (χ1n) is 6.26. The summed E-state index contributed by atoms with van der Waals surface area (Å²) in [5.41, 5.74) is 0.0647. The van der Waals surface area contributed by atoms with Crippen molar-refractivity contribution in [2.45, 2.75) is 39.2 Å². The van der Waals surface area contributed by atoms with Crippen LogP contribution in [0.5, 0.6) is 0 Å². The van der Waals surface area contributed by atoms with Crippen molar-refractivity contribution in [1.29, 1.82) is 0 Å². The predicted molar refractivity (Wildman–Crippen MR) is 67.9 cm³/mol. The van der Waals surface area contributed by atoms with E-state index >= 15 is 0 Å².